The number of rotatable bonds is 4. The van der Waals surface area contributed by atoms with Crippen LogP contribution >= 0.6 is 0 Å². The molecule has 41 heavy (non-hydrogen) atoms. The van der Waals surface area contributed by atoms with Crippen LogP contribution in [0.3, 0.4) is 0 Å². The molecular weight excluding hydrogens is 601 g/mol. The molecule has 0 saturated heterocycles. The molecule has 16 nitrogen and oxygen atoms in total. The zero-order chi connectivity index (χ0) is 27.7. The molecule has 0 spiro atoms. The Morgan fingerprint density at radius 1 is 0.732 bits per heavy atom. The Morgan fingerprint density at radius 3 is 1.61 bits per heavy atom. The van der Waals surface area contributed by atoms with E-state index in [2.05, 4.69) is 50.1 Å². The summed E-state index contributed by atoms with van der Waals surface area (Å²) in [6.07, 6.45) is 0. The second kappa shape index (κ2) is 17.4. The zero-order valence-electron chi connectivity index (χ0n) is 20.9. The topological polar surface area (TPSA) is 241 Å². The average molecular weight is 611 g/mol. The first-order valence-corrected chi connectivity index (χ1v) is 9.80. The van der Waals surface area contributed by atoms with Gasteiger partial charge in [0.1, 0.15) is 52.3 Å². The number of azo groups is 2. The van der Waals surface area contributed by atoms with Crippen LogP contribution in [0.1, 0.15) is 11.4 Å². The smallest absolute Gasteiger partial charge is 0.562 e. The number of hydrogen-bond acceptors (Lipinski definition) is 12. The van der Waals surface area contributed by atoms with Crippen LogP contribution in [0.2, 0.25) is 0 Å². The third-order valence-electron chi connectivity index (χ3n) is 4.10. The van der Waals surface area contributed by atoms with Gasteiger partial charge in [0.2, 0.25) is 5.95 Å². The molecule has 0 bridgehead atoms. The Morgan fingerprint density at radius 2 is 1.24 bits per heavy atom. The van der Waals surface area contributed by atoms with Crippen molar-refractivity contribution >= 4 is 34.9 Å². The minimum atomic E-state index is -0.267. The maximum Gasteiger partial charge on any atom is 1.00 e. The maximum atomic E-state index is 9.47. The second-order valence-electron chi connectivity index (χ2n) is 6.58. The van der Waals surface area contributed by atoms with Gasteiger partial charge in [-0.2, -0.15) is 10.5 Å². The number of nitriles is 2. The molecule has 0 saturated carbocycles. The third kappa shape index (κ3) is 10.00. The molecule has 0 amide bonds. The molecule has 0 fully saturated rings. The van der Waals surface area contributed by atoms with E-state index in [0.717, 1.165) is 12.1 Å². The first-order valence-electron chi connectivity index (χ1n) is 9.80. The summed E-state index contributed by atoms with van der Waals surface area (Å²) in [4.78, 5) is 20.8. The van der Waals surface area contributed by atoms with E-state index in [1.807, 2.05) is 0 Å². The average Bonchev–Trinajstić information content (AvgIpc) is 3.51. The van der Waals surface area contributed by atoms with E-state index in [-0.39, 0.29) is 145 Å². The summed E-state index contributed by atoms with van der Waals surface area (Å²) in [5.74, 6) is -1.31. The quantitative estimate of drug-likeness (QED) is 0.119. The normalized spacial score (nSPS) is 9.46. The van der Waals surface area contributed by atoms with Crippen LogP contribution in [0, 0.1) is 35.8 Å². The summed E-state index contributed by atoms with van der Waals surface area (Å²) in [6.45, 7) is 13.6. The monoisotopic (exact) mass is 610 g/mol. The van der Waals surface area contributed by atoms with Gasteiger partial charge in [0, 0.05) is 34.6 Å². The zero-order valence-corrected chi connectivity index (χ0v) is 25.9. The predicted octanol–water partition coefficient (Wildman–Crippen LogP) is -1.42. The number of imidazole rings is 2. The standard InChI is InChI=1S/2C11H5N6O2.2Na.Ni/c1-12-9-10(13-2)15-11(14-9)17-16-7-4-3-6(18)5-8(7)19;12-4-8-9(5-13)15-11(14-8)17-16-7-2-1-6(18)3-10(7)19;;;/h3-5H,(H2-,14,15,16,17,18,19);1-3H,(H2-,14,15,16,17,18,19);;;/q2*-1;2*+1;. The van der Waals surface area contributed by atoms with Crippen LogP contribution in [0.25, 0.3) is 9.69 Å². The molecule has 2 aromatic carbocycles. The molecule has 0 aliphatic heterocycles. The molecule has 19 heteroatoms. The van der Waals surface area contributed by atoms with Crippen molar-refractivity contribution in [2.45, 2.75) is 0 Å². The maximum absolute atomic E-state index is 9.47. The van der Waals surface area contributed by atoms with Crippen LogP contribution < -0.4 is 69.1 Å². The Balaban J connectivity index is 0.000000727. The van der Waals surface area contributed by atoms with Gasteiger partial charge in [-0.1, -0.05) is 6.57 Å². The summed E-state index contributed by atoms with van der Waals surface area (Å²) in [5.41, 5.74) is -0.0614. The molecule has 2 aromatic heterocycles. The Hall–Kier alpha value is -4.29. The molecule has 194 valence electrons. The Bertz CT molecular complexity index is 1550. The number of benzene rings is 2. The van der Waals surface area contributed by atoms with Crippen molar-refractivity contribution in [3.05, 3.63) is 70.6 Å². The number of aromatic nitrogens is 4. The SMILES string of the molecule is N#Cc1nc(N=Nc2ccc(O)cc2O)[n-]c1C#N.[C-]#[N+]c1nc(N=Nc2ccc(O)cc2O)[n-]c1[N+]#[C-].[Na+].[Na+].[Ni]. The van der Waals surface area contributed by atoms with Gasteiger partial charge in [0.25, 0.3) is 0 Å². The molecule has 4 aromatic rings. The Kier molecular flexibility index (Phi) is 15.6. The summed E-state index contributed by atoms with van der Waals surface area (Å²) < 4.78 is 0. The van der Waals surface area contributed by atoms with Crippen LogP contribution in [-0.4, -0.2) is 30.4 Å². The van der Waals surface area contributed by atoms with Gasteiger partial charge in [-0.05, 0) is 24.3 Å². The third-order valence-corrected chi connectivity index (χ3v) is 4.10. The number of nitrogens with zero attached hydrogens (tertiary/aromatic N) is 12. The summed E-state index contributed by atoms with van der Waals surface area (Å²) in [5, 5.41) is 69.0. The number of phenolic OH excluding ortho intramolecular Hbond substituents is 4. The van der Waals surface area contributed by atoms with E-state index < -0.39 is 0 Å². The van der Waals surface area contributed by atoms with Gasteiger partial charge < -0.3 is 40.1 Å². The fraction of sp³-hybridized carbons (Fsp3) is 0. The van der Waals surface area contributed by atoms with Gasteiger partial charge in [-0.25, -0.2) is 11.7 Å². The van der Waals surface area contributed by atoms with Gasteiger partial charge in [-0.3, -0.25) is 15.1 Å². The first kappa shape index (κ1) is 36.7. The minimum Gasteiger partial charge on any atom is -0.562 e. The van der Waals surface area contributed by atoms with Crippen molar-refractivity contribution in [1.82, 2.24) is 19.9 Å². The van der Waals surface area contributed by atoms with Crippen LogP contribution in [0.4, 0.5) is 34.9 Å². The number of aromatic hydroxyl groups is 4. The van der Waals surface area contributed by atoms with Crippen LogP contribution in [0.5, 0.6) is 23.0 Å². The second-order valence-corrected chi connectivity index (χ2v) is 6.58. The molecular formula is C22H10N12Na2NiO4. The first-order chi connectivity index (χ1) is 18.3. The van der Waals surface area contributed by atoms with Gasteiger partial charge in [0.15, 0.2) is 0 Å². The van der Waals surface area contributed by atoms with E-state index >= 15 is 0 Å². The molecule has 0 radical (unpaired) electrons. The molecule has 0 unspecified atom stereocenters. The van der Waals surface area contributed by atoms with Gasteiger partial charge in [0.05, 0.1) is 17.2 Å². The molecule has 2 heterocycles. The summed E-state index contributed by atoms with van der Waals surface area (Å²) in [7, 11) is 0. The van der Waals surface area contributed by atoms with E-state index in [1.165, 1.54) is 24.3 Å². The number of phenols is 4. The van der Waals surface area contributed by atoms with Crippen molar-refractivity contribution in [1.29, 1.82) is 10.5 Å². The molecule has 4 N–H and O–H groups in total. The fourth-order valence-corrected chi connectivity index (χ4v) is 2.43. The summed E-state index contributed by atoms with van der Waals surface area (Å²) in [6, 6.07) is 11.0. The van der Waals surface area contributed by atoms with E-state index in [0.29, 0.717) is 0 Å². The largest absolute Gasteiger partial charge is 1.00 e. The van der Waals surface area contributed by atoms with Crippen molar-refractivity contribution in [3.63, 3.8) is 0 Å². The Labute approximate surface area is 285 Å². The van der Waals surface area contributed by atoms with Crippen molar-refractivity contribution in [2.24, 2.45) is 20.5 Å². The van der Waals surface area contributed by atoms with Crippen molar-refractivity contribution < 1.29 is 96.0 Å². The van der Waals surface area contributed by atoms with Gasteiger partial charge in [-0.15, -0.1) is 10.2 Å². The fourth-order valence-electron chi connectivity index (χ4n) is 2.43. The molecule has 4 rings (SSSR count). The van der Waals surface area contributed by atoms with E-state index in [1.54, 1.807) is 12.1 Å². The number of hydrogen-bond donors (Lipinski definition) is 4. The molecule has 0 aliphatic rings. The van der Waals surface area contributed by atoms with E-state index in [9.17, 15) is 10.2 Å². The predicted molar refractivity (Wildman–Crippen MR) is 125 cm³/mol. The molecule has 0 aliphatic carbocycles. The van der Waals surface area contributed by atoms with Crippen molar-refractivity contribution in [3.8, 4) is 35.1 Å². The summed E-state index contributed by atoms with van der Waals surface area (Å²) >= 11 is 0. The van der Waals surface area contributed by atoms with Gasteiger partial charge >= 0.3 is 59.1 Å². The van der Waals surface area contributed by atoms with Crippen molar-refractivity contribution in [2.75, 3.05) is 0 Å². The minimum absolute atomic E-state index is 0. The van der Waals surface area contributed by atoms with Crippen LogP contribution in [-0.2, 0) is 16.5 Å². The van der Waals surface area contributed by atoms with Crippen LogP contribution in [0.15, 0.2) is 56.9 Å². The van der Waals surface area contributed by atoms with E-state index in [4.69, 9.17) is 33.9 Å². The molecule has 0 atom stereocenters.